The highest BCUT2D eigenvalue weighted by molar-refractivity contribution is 7.17. The third-order valence-corrected chi connectivity index (χ3v) is 6.17. The van der Waals surface area contributed by atoms with Gasteiger partial charge in [-0.15, -0.1) is 11.3 Å². The molecule has 1 aliphatic heterocycles. The number of halogens is 1. The van der Waals surface area contributed by atoms with Crippen molar-refractivity contribution in [1.29, 1.82) is 0 Å². The first-order chi connectivity index (χ1) is 14.0. The smallest absolute Gasteiger partial charge is 0.169 e. The molecular formula is C21H18ClN3O3S. The molecule has 0 amide bonds. The van der Waals surface area contributed by atoms with Gasteiger partial charge in [0.05, 0.1) is 9.90 Å². The summed E-state index contributed by atoms with van der Waals surface area (Å²) in [5, 5.41) is 4.47. The highest BCUT2D eigenvalue weighted by Crippen LogP contribution is 2.41. The molecule has 0 spiro atoms. The van der Waals surface area contributed by atoms with Crippen molar-refractivity contribution in [1.82, 2.24) is 14.8 Å². The Morgan fingerprint density at radius 2 is 2.24 bits per heavy atom. The van der Waals surface area contributed by atoms with E-state index < -0.39 is 0 Å². The first kappa shape index (κ1) is 19.5. The van der Waals surface area contributed by atoms with Gasteiger partial charge in [-0.3, -0.25) is 9.59 Å². The van der Waals surface area contributed by atoms with E-state index in [2.05, 4.69) is 16.1 Å². The van der Waals surface area contributed by atoms with Crippen LogP contribution in [0.4, 0.5) is 0 Å². The average Bonchev–Trinajstić information content (AvgIpc) is 3.44. The molecular weight excluding hydrogens is 410 g/mol. The largest absolute Gasteiger partial charge is 0.488 e. The number of hydrogen-bond donors (Lipinski definition) is 0. The van der Waals surface area contributed by atoms with Crippen LogP contribution in [-0.4, -0.2) is 32.4 Å². The van der Waals surface area contributed by atoms with Crippen molar-refractivity contribution in [3.05, 3.63) is 58.5 Å². The van der Waals surface area contributed by atoms with Gasteiger partial charge >= 0.3 is 0 Å². The molecule has 0 bridgehead atoms. The van der Waals surface area contributed by atoms with E-state index in [-0.39, 0.29) is 17.7 Å². The fraction of sp³-hybridized carbons (Fsp3) is 0.238. The van der Waals surface area contributed by atoms with Gasteiger partial charge in [-0.2, -0.15) is 5.10 Å². The minimum absolute atomic E-state index is 0.00203. The molecule has 4 rings (SSSR count). The van der Waals surface area contributed by atoms with Gasteiger partial charge in [0.25, 0.3) is 0 Å². The van der Waals surface area contributed by atoms with Crippen molar-refractivity contribution in [3.8, 4) is 16.2 Å². The molecule has 148 valence electrons. The van der Waals surface area contributed by atoms with E-state index in [0.29, 0.717) is 30.0 Å². The number of ketones is 2. The number of Topliss-reactive ketones (excluding diaryl/α,β-unsaturated/α-hetero) is 1. The van der Waals surface area contributed by atoms with Crippen LogP contribution in [0.25, 0.3) is 16.6 Å². The van der Waals surface area contributed by atoms with Gasteiger partial charge in [-0.25, -0.2) is 9.67 Å². The van der Waals surface area contributed by atoms with Crippen LogP contribution < -0.4 is 4.74 Å². The second-order valence-electron chi connectivity index (χ2n) is 6.81. The second-order valence-corrected chi connectivity index (χ2v) is 8.30. The summed E-state index contributed by atoms with van der Waals surface area (Å²) in [5.74, 6) is 0.746. The van der Waals surface area contributed by atoms with Crippen molar-refractivity contribution >= 4 is 40.7 Å². The number of carbonyl (C=O) groups excluding carboxylic acids is 2. The fourth-order valence-electron chi connectivity index (χ4n) is 3.21. The average molecular weight is 428 g/mol. The molecule has 29 heavy (non-hydrogen) atoms. The first-order valence-corrected chi connectivity index (χ1v) is 10.3. The van der Waals surface area contributed by atoms with Gasteiger partial charge in [-0.1, -0.05) is 11.6 Å². The summed E-state index contributed by atoms with van der Waals surface area (Å²) in [4.78, 5) is 29.2. The summed E-state index contributed by atoms with van der Waals surface area (Å²) >= 11 is 7.90. The minimum Gasteiger partial charge on any atom is -0.488 e. The SMILES string of the molecule is CC(=O)c1ccc(-c2cc(Cl)c3c(c2)CC(CCC(=O)/C=C/n2cncn2)O3)s1. The van der Waals surface area contributed by atoms with Crippen LogP contribution in [0.5, 0.6) is 5.75 Å². The van der Waals surface area contributed by atoms with Gasteiger partial charge in [-0.05, 0) is 49.2 Å². The Morgan fingerprint density at radius 3 is 2.97 bits per heavy atom. The summed E-state index contributed by atoms with van der Waals surface area (Å²) in [7, 11) is 0. The van der Waals surface area contributed by atoms with Gasteiger partial charge in [0.2, 0.25) is 0 Å². The number of fused-ring (bicyclic) bond motifs is 1. The minimum atomic E-state index is -0.0856. The lowest BCUT2D eigenvalue weighted by Gasteiger charge is -2.10. The summed E-state index contributed by atoms with van der Waals surface area (Å²) in [6.45, 7) is 1.56. The first-order valence-electron chi connectivity index (χ1n) is 9.15. The fourth-order valence-corrected chi connectivity index (χ4v) is 4.39. The van der Waals surface area contributed by atoms with Crippen molar-refractivity contribution in [2.24, 2.45) is 0 Å². The third kappa shape index (κ3) is 4.46. The maximum atomic E-state index is 12.1. The van der Waals surface area contributed by atoms with E-state index in [1.54, 1.807) is 13.1 Å². The summed E-state index contributed by atoms with van der Waals surface area (Å²) in [6, 6.07) is 7.70. The molecule has 0 aliphatic carbocycles. The molecule has 1 aromatic carbocycles. The number of nitrogens with zero attached hydrogens (tertiary/aromatic N) is 3. The number of allylic oxidation sites excluding steroid dienone is 1. The van der Waals surface area contributed by atoms with Crippen LogP contribution in [-0.2, 0) is 11.2 Å². The Labute approximate surface area is 176 Å². The monoisotopic (exact) mass is 427 g/mol. The molecule has 3 aromatic rings. The van der Waals surface area contributed by atoms with Gasteiger partial charge < -0.3 is 4.74 Å². The molecule has 1 atom stereocenters. The zero-order valence-electron chi connectivity index (χ0n) is 15.7. The molecule has 0 saturated carbocycles. The lowest BCUT2D eigenvalue weighted by Crippen LogP contribution is -2.14. The summed E-state index contributed by atoms with van der Waals surface area (Å²) in [5.41, 5.74) is 2.00. The van der Waals surface area contributed by atoms with E-state index in [1.165, 1.54) is 34.7 Å². The van der Waals surface area contributed by atoms with E-state index in [1.807, 2.05) is 18.2 Å². The number of hydrogen-bond acceptors (Lipinski definition) is 6. The highest BCUT2D eigenvalue weighted by atomic mass is 35.5. The molecule has 0 N–H and O–H groups in total. The Morgan fingerprint density at radius 1 is 1.38 bits per heavy atom. The predicted octanol–water partition coefficient (Wildman–Crippen LogP) is 4.69. The Balaban J connectivity index is 1.40. The maximum Gasteiger partial charge on any atom is 0.169 e. The predicted molar refractivity (Wildman–Crippen MR) is 112 cm³/mol. The Hall–Kier alpha value is -2.77. The van der Waals surface area contributed by atoms with Crippen LogP contribution in [0, 0.1) is 0 Å². The Kier molecular flexibility index (Phi) is 5.60. The normalized spacial score (nSPS) is 15.4. The van der Waals surface area contributed by atoms with E-state index >= 15 is 0 Å². The van der Waals surface area contributed by atoms with Crippen molar-refractivity contribution in [3.63, 3.8) is 0 Å². The summed E-state index contributed by atoms with van der Waals surface area (Å²) in [6.07, 6.45) is 7.60. The molecule has 0 fully saturated rings. The van der Waals surface area contributed by atoms with Gasteiger partial charge in [0.1, 0.15) is 24.5 Å². The molecule has 1 unspecified atom stereocenters. The second kappa shape index (κ2) is 8.31. The van der Waals surface area contributed by atoms with Crippen LogP contribution >= 0.6 is 22.9 Å². The van der Waals surface area contributed by atoms with E-state index in [0.717, 1.165) is 20.9 Å². The van der Waals surface area contributed by atoms with Crippen molar-refractivity contribution < 1.29 is 14.3 Å². The topological polar surface area (TPSA) is 74.1 Å². The van der Waals surface area contributed by atoms with Crippen LogP contribution in [0.2, 0.25) is 5.02 Å². The quantitative estimate of drug-likeness (QED) is 0.404. The zero-order chi connectivity index (χ0) is 20.4. The number of benzene rings is 1. The van der Waals surface area contributed by atoms with Crippen LogP contribution in [0.3, 0.4) is 0 Å². The Bertz CT molecular complexity index is 1090. The number of ether oxygens (including phenoxy) is 1. The standard InChI is InChI=1S/C21H18ClN3O3S/c1-13(26)19-4-5-20(29-19)14-8-15-9-17(28-21(15)18(22)10-14)3-2-16(27)6-7-25-12-23-11-24-25/h4-8,10-12,17H,2-3,9H2,1H3/b7-6+. The molecule has 6 nitrogen and oxygen atoms in total. The van der Waals surface area contributed by atoms with Gasteiger partial charge in [0, 0.05) is 29.5 Å². The molecule has 3 heterocycles. The third-order valence-electron chi connectivity index (χ3n) is 4.65. The number of carbonyl (C=O) groups is 2. The number of rotatable bonds is 7. The zero-order valence-corrected chi connectivity index (χ0v) is 17.2. The van der Waals surface area contributed by atoms with E-state index in [9.17, 15) is 9.59 Å². The molecule has 2 aromatic heterocycles. The number of aromatic nitrogens is 3. The van der Waals surface area contributed by atoms with E-state index in [4.69, 9.17) is 16.3 Å². The highest BCUT2D eigenvalue weighted by Gasteiger charge is 2.26. The maximum absolute atomic E-state index is 12.1. The number of thiophene rings is 1. The molecule has 0 saturated heterocycles. The van der Waals surface area contributed by atoms with Gasteiger partial charge in [0.15, 0.2) is 11.6 Å². The van der Waals surface area contributed by atoms with Crippen molar-refractivity contribution in [2.45, 2.75) is 32.3 Å². The molecule has 0 radical (unpaired) electrons. The van der Waals surface area contributed by atoms with Crippen molar-refractivity contribution in [2.75, 3.05) is 0 Å². The molecule has 8 heteroatoms. The van der Waals surface area contributed by atoms with Crippen LogP contribution in [0.1, 0.15) is 35.0 Å². The molecule has 1 aliphatic rings. The lowest BCUT2D eigenvalue weighted by atomic mass is 10.0. The van der Waals surface area contributed by atoms with Crippen LogP contribution in [0.15, 0.2) is 43.0 Å². The lowest BCUT2D eigenvalue weighted by molar-refractivity contribution is -0.115. The summed E-state index contributed by atoms with van der Waals surface area (Å²) < 4.78 is 7.46.